The van der Waals surface area contributed by atoms with Crippen LogP contribution >= 0.6 is 35.0 Å². The molecular formula is C17H14Cl2N4S. The van der Waals surface area contributed by atoms with Crippen LogP contribution in [0.4, 0.5) is 0 Å². The number of thioether (sulfide) groups is 1. The van der Waals surface area contributed by atoms with E-state index in [1.54, 1.807) is 34.8 Å². The molecule has 0 unspecified atom stereocenters. The molecule has 0 spiro atoms. The van der Waals surface area contributed by atoms with Crippen molar-refractivity contribution in [2.45, 2.75) is 17.8 Å². The van der Waals surface area contributed by atoms with Crippen molar-refractivity contribution in [1.82, 2.24) is 14.9 Å². The Morgan fingerprint density at radius 1 is 1.12 bits per heavy atom. The monoisotopic (exact) mass is 376 g/mol. The first-order valence-electron chi connectivity index (χ1n) is 7.21. The zero-order chi connectivity index (χ0) is 16.9. The molecule has 0 atom stereocenters. The number of aryl methyl sites for hydroxylation is 1. The SMILES string of the molecule is Cc1nnc(SCc2ccccc2)n1/N=C\c1ccc(Cl)cc1Cl. The van der Waals surface area contributed by atoms with Gasteiger partial charge in [-0.25, -0.2) is 0 Å². The van der Waals surface area contributed by atoms with Gasteiger partial charge in [0.15, 0.2) is 5.82 Å². The minimum atomic E-state index is 0.551. The smallest absolute Gasteiger partial charge is 0.192 e. The van der Waals surface area contributed by atoms with Gasteiger partial charge in [0, 0.05) is 16.3 Å². The van der Waals surface area contributed by atoms with E-state index >= 15 is 0 Å². The van der Waals surface area contributed by atoms with Crippen molar-refractivity contribution in [3.05, 3.63) is 75.5 Å². The molecule has 0 aliphatic rings. The van der Waals surface area contributed by atoms with Crippen molar-refractivity contribution in [2.75, 3.05) is 0 Å². The van der Waals surface area contributed by atoms with Crippen LogP contribution < -0.4 is 0 Å². The molecule has 122 valence electrons. The van der Waals surface area contributed by atoms with Gasteiger partial charge >= 0.3 is 0 Å². The first-order chi connectivity index (χ1) is 11.6. The quantitative estimate of drug-likeness (QED) is 0.461. The van der Waals surface area contributed by atoms with Crippen molar-refractivity contribution in [1.29, 1.82) is 0 Å². The van der Waals surface area contributed by atoms with Crippen LogP contribution in [0.1, 0.15) is 17.0 Å². The summed E-state index contributed by atoms with van der Waals surface area (Å²) in [7, 11) is 0. The summed E-state index contributed by atoms with van der Waals surface area (Å²) in [6.07, 6.45) is 1.68. The van der Waals surface area contributed by atoms with E-state index in [9.17, 15) is 0 Å². The van der Waals surface area contributed by atoms with Gasteiger partial charge in [-0.2, -0.15) is 9.78 Å². The van der Waals surface area contributed by atoms with Crippen LogP contribution in [0, 0.1) is 6.92 Å². The maximum atomic E-state index is 6.17. The summed E-state index contributed by atoms with van der Waals surface area (Å²) >= 11 is 13.7. The van der Waals surface area contributed by atoms with Crippen LogP contribution in [-0.4, -0.2) is 21.1 Å². The molecule has 1 heterocycles. The third kappa shape index (κ3) is 4.17. The predicted octanol–water partition coefficient (Wildman–Crippen LogP) is 5.07. The second-order valence-electron chi connectivity index (χ2n) is 5.03. The summed E-state index contributed by atoms with van der Waals surface area (Å²) in [5, 5.41) is 14.6. The predicted molar refractivity (Wildman–Crippen MR) is 100 cm³/mol. The van der Waals surface area contributed by atoms with E-state index in [-0.39, 0.29) is 0 Å². The molecule has 0 N–H and O–H groups in total. The topological polar surface area (TPSA) is 43.1 Å². The first-order valence-corrected chi connectivity index (χ1v) is 8.96. The van der Waals surface area contributed by atoms with E-state index < -0.39 is 0 Å². The van der Waals surface area contributed by atoms with Gasteiger partial charge in [-0.1, -0.05) is 71.4 Å². The van der Waals surface area contributed by atoms with Gasteiger partial charge in [0.2, 0.25) is 5.16 Å². The Kier molecular flexibility index (Phi) is 5.56. The van der Waals surface area contributed by atoms with Crippen LogP contribution in [-0.2, 0) is 5.75 Å². The average molecular weight is 377 g/mol. The minimum absolute atomic E-state index is 0.551. The van der Waals surface area contributed by atoms with Crippen LogP contribution in [0.25, 0.3) is 0 Å². The van der Waals surface area contributed by atoms with Crippen molar-refractivity contribution in [2.24, 2.45) is 5.10 Å². The van der Waals surface area contributed by atoms with Crippen molar-refractivity contribution < 1.29 is 0 Å². The third-order valence-electron chi connectivity index (χ3n) is 3.25. The molecule has 4 nitrogen and oxygen atoms in total. The highest BCUT2D eigenvalue weighted by atomic mass is 35.5. The molecule has 2 aromatic carbocycles. The van der Waals surface area contributed by atoms with E-state index in [0.29, 0.717) is 15.9 Å². The molecule has 0 saturated carbocycles. The third-order valence-corrected chi connectivity index (χ3v) is 4.81. The van der Waals surface area contributed by atoms with Gasteiger partial charge in [0.25, 0.3) is 0 Å². The number of rotatable bonds is 5. The summed E-state index contributed by atoms with van der Waals surface area (Å²) in [6, 6.07) is 15.5. The maximum absolute atomic E-state index is 6.17. The van der Waals surface area contributed by atoms with Crippen LogP contribution in [0.2, 0.25) is 10.0 Å². The Bertz CT molecular complexity index is 862. The fourth-order valence-corrected chi connectivity index (χ4v) is 3.36. The molecule has 0 aliphatic carbocycles. The zero-order valence-corrected chi connectivity index (χ0v) is 15.2. The largest absolute Gasteiger partial charge is 0.212 e. The fraction of sp³-hybridized carbons (Fsp3) is 0.118. The molecular weight excluding hydrogens is 363 g/mol. The Morgan fingerprint density at radius 2 is 1.92 bits per heavy atom. The number of halogens is 2. The summed E-state index contributed by atoms with van der Waals surface area (Å²) in [5.74, 6) is 1.52. The highest BCUT2D eigenvalue weighted by molar-refractivity contribution is 7.98. The Hall–Kier alpha value is -1.82. The van der Waals surface area contributed by atoms with Gasteiger partial charge in [-0.05, 0) is 24.6 Å². The molecule has 0 amide bonds. The lowest BCUT2D eigenvalue weighted by molar-refractivity contribution is 0.744. The lowest BCUT2D eigenvalue weighted by atomic mass is 10.2. The Labute approximate surface area is 154 Å². The van der Waals surface area contributed by atoms with Crippen LogP contribution in [0.15, 0.2) is 58.8 Å². The zero-order valence-electron chi connectivity index (χ0n) is 12.9. The lowest BCUT2D eigenvalue weighted by Gasteiger charge is -2.03. The molecule has 3 aromatic rings. The van der Waals surface area contributed by atoms with Crippen molar-refractivity contribution in [3.63, 3.8) is 0 Å². The molecule has 24 heavy (non-hydrogen) atoms. The molecule has 0 aliphatic heterocycles. The normalized spacial score (nSPS) is 11.3. The van der Waals surface area contributed by atoms with Crippen LogP contribution in [0.5, 0.6) is 0 Å². The molecule has 3 rings (SSSR count). The number of benzene rings is 2. The summed E-state index contributed by atoms with van der Waals surface area (Å²) in [5.41, 5.74) is 2.01. The van der Waals surface area contributed by atoms with E-state index in [4.69, 9.17) is 23.2 Å². The Morgan fingerprint density at radius 3 is 2.67 bits per heavy atom. The van der Waals surface area contributed by atoms with Gasteiger partial charge in [0.1, 0.15) is 0 Å². The number of aromatic nitrogens is 3. The van der Waals surface area contributed by atoms with Gasteiger partial charge in [0.05, 0.1) is 11.2 Å². The fourth-order valence-electron chi connectivity index (χ4n) is 2.01. The molecule has 0 bridgehead atoms. The lowest BCUT2D eigenvalue weighted by Crippen LogP contribution is -1.97. The van der Waals surface area contributed by atoms with E-state index in [2.05, 4.69) is 27.4 Å². The highest BCUT2D eigenvalue weighted by Crippen LogP contribution is 2.23. The van der Waals surface area contributed by atoms with E-state index in [1.165, 1.54) is 5.56 Å². The summed E-state index contributed by atoms with van der Waals surface area (Å²) in [4.78, 5) is 0. The molecule has 0 saturated heterocycles. The highest BCUT2D eigenvalue weighted by Gasteiger charge is 2.09. The molecule has 1 aromatic heterocycles. The number of nitrogens with zero attached hydrogens (tertiary/aromatic N) is 4. The second kappa shape index (κ2) is 7.83. The molecule has 0 radical (unpaired) electrons. The summed E-state index contributed by atoms with van der Waals surface area (Å²) in [6.45, 7) is 1.86. The minimum Gasteiger partial charge on any atom is -0.192 e. The average Bonchev–Trinajstić information content (AvgIpc) is 2.93. The number of hydrogen-bond donors (Lipinski definition) is 0. The van der Waals surface area contributed by atoms with Crippen LogP contribution in [0.3, 0.4) is 0 Å². The van der Waals surface area contributed by atoms with Crippen molar-refractivity contribution in [3.8, 4) is 0 Å². The number of hydrogen-bond acceptors (Lipinski definition) is 4. The first kappa shape index (κ1) is 17.0. The maximum Gasteiger partial charge on any atom is 0.212 e. The van der Waals surface area contributed by atoms with Gasteiger partial charge in [-0.15, -0.1) is 10.2 Å². The van der Waals surface area contributed by atoms with E-state index in [1.807, 2.05) is 31.2 Å². The second-order valence-corrected chi connectivity index (χ2v) is 6.81. The van der Waals surface area contributed by atoms with Crippen molar-refractivity contribution >= 4 is 41.2 Å². The Balaban J connectivity index is 1.78. The van der Waals surface area contributed by atoms with Gasteiger partial charge < -0.3 is 0 Å². The summed E-state index contributed by atoms with van der Waals surface area (Å²) < 4.78 is 1.71. The standard InChI is InChI=1S/C17H14Cl2N4S/c1-12-21-22-17(24-11-13-5-3-2-4-6-13)23(12)20-10-14-7-8-15(18)9-16(14)19/h2-10H,11H2,1H3/b20-10-. The van der Waals surface area contributed by atoms with E-state index in [0.717, 1.165) is 16.5 Å². The molecule has 0 fully saturated rings. The molecule has 7 heteroatoms. The van der Waals surface area contributed by atoms with Gasteiger partial charge in [-0.3, -0.25) is 0 Å².